The Morgan fingerprint density at radius 2 is 2.25 bits per heavy atom. The van der Waals surface area contributed by atoms with Crippen molar-refractivity contribution in [3.05, 3.63) is 24.0 Å². The lowest BCUT2D eigenvalue weighted by Crippen LogP contribution is -2.34. The molecule has 0 aromatic carbocycles. The van der Waals surface area contributed by atoms with E-state index < -0.39 is 0 Å². The monoisotopic (exact) mass is 223 g/mol. The first kappa shape index (κ1) is 12.8. The van der Waals surface area contributed by atoms with Crippen molar-refractivity contribution in [2.45, 2.75) is 38.8 Å². The van der Waals surface area contributed by atoms with Crippen LogP contribution in [-0.4, -0.2) is 16.0 Å². The lowest BCUT2D eigenvalue weighted by Gasteiger charge is -2.17. The largest absolute Gasteiger partial charge is 0.357 e. The van der Waals surface area contributed by atoms with Gasteiger partial charge in [-0.1, -0.05) is 0 Å². The molecule has 4 nitrogen and oxygen atoms in total. The molecule has 3 N–H and O–H groups in total. The van der Waals surface area contributed by atoms with Gasteiger partial charge in [-0.3, -0.25) is 4.79 Å². The SMILES string of the molecule is Cn1ccc(CNC(=O)CCC(C)(C)N)c1. The van der Waals surface area contributed by atoms with E-state index in [1.54, 1.807) is 0 Å². The van der Waals surface area contributed by atoms with Gasteiger partial charge in [-0.15, -0.1) is 0 Å². The highest BCUT2D eigenvalue weighted by molar-refractivity contribution is 5.75. The number of amides is 1. The molecule has 0 saturated heterocycles. The summed E-state index contributed by atoms with van der Waals surface area (Å²) in [6, 6.07) is 1.99. The van der Waals surface area contributed by atoms with Gasteiger partial charge in [0.05, 0.1) is 0 Å². The number of rotatable bonds is 5. The number of carbonyl (C=O) groups excluding carboxylic acids is 1. The van der Waals surface area contributed by atoms with Crippen molar-refractivity contribution < 1.29 is 4.79 Å². The van der Waals surface area contributed by atoms with Gasteiger partial charge in [-0.25, -0.2) is 0 Å². The number of hydrogen-bond acceptors (Lipinski definition) is 2. The Balaban J connectivity index is 2.25. The quantitative estimate of drug-likeness (QED) is 0.787. The van der Waals surface area contributed by atoms with Crippen LogP contribution < -0.4 is 11.1 Å². The normalized spacial score (nSPS) is 11.5. The van der Waals surface area contributed by atoms with Crippen LogP contribution in [0.1, 0.15) is 32.3 Å². The number of nitrogens with one attached hydrogen (secondary N) is 1. The first-order chi connectivity index (χ1) is 7.37. The molecule has 0 atom stereocenters. The van der Waals surface area contributed by atoms with Crippen molar-refractivity contribution in [1.29, 1.82) is 0 Å². The van der Waals surface area contributed by atoms with Gasteiger partial charge in [-0.2, -0.15) is 0 Å². The molecule has 1 amide bonds. The summed E-state index contributed by atoms with van der Waals surface area (Å²) in [5, 5.41) is 2.88. The topological polar surface area (TPSA) is 60.0 Å². The molecule has 1 heterocycles. The zero-order valence-corrected chi connectivity index (χ0v) is 10.3. The highest BCUT2D eigenvalue weighted by atomic mass is 16.1. The molecule has 0 aliphatic heterocycles. The molecule has 0 radical (unpaired) electrons. The summed E-state index contributed by atoms with van der Waals surface area (Å²) < 4.78 is 1.96. The van der Waals surface area contributed by atoms with E-state index in [4.69, 9.17) is 5.73 Å². The maximum atomic E-state index is 11.5. The van der Waals surface area contributed by atoms with Crippen LogP contribution >= 0.6 is 0 Å². The third-order valence-electron chi connectivity index (χ3n) is 2.38. The molecule has 16 heavy (non-hydrogen) atoms. The van der Waals surface area contributed by atoms with Crippen LogP contribution in [0.4, 0.5) is 0 Å². The molecule has 0 fully saturated rings. The Labute approximate surface area is 96.8 Å². The molecule has 1 rings (SSSR count). The van der Waals surface area contributed by atoms with E-state index in [2.05, 4.69) is 5.32 Å². The highest BCUT2D eigenvalue weighted by Gasteiger charge is 2.12. The summed E-state index contributed by atoms with van der Waals surface area (Å²) in [4.78, 5) is 11.5. The van der Waals surface area contributed by atoms with E-state index in [0.29, 0.717) is 19.4 Å². The summed E-state index contributed by atoms with van der Waals surface area (Å²) in [6.07, 6.45) is 5.14. The minimum atomic E-state index is -0.274. The third-order valence-corrected chi connectivity index (χ3v) is 2.38. The van der Waals surface area contributed by atoms with Crippen LogP contribution in [0.2, 0.25) is 0 Å². The maximum Gasteiger partial charge on any atom is 0.220 e. The fraction of sp³-hybridized carbons (Fsp3) is 0.583. The molecule has 0 saturated carbocycles. The van der Waals surface area contributed by atoms with Crippen LogP contribution in [-0.2, 0) is 18.4 Å². The molecular weight excluding hydrogens is 202 g/mol. The minimum absolute atomic E-state index is 0.0578. The Morgan fingerprint density at radius 1 is 1.56 bits per heavy atom. The highest BCUT2D eigenvalue weighted by Crippen LogP contribution is 2.07. The number of aryl methyl sites for hydroxylation is 1. The molecular formula is C12H21N3O. The molecule has 1 aromatic heterocycles. The van der Waals surface area contributed by atoms with Crippen LogP contribution in [0.3, 0.4) is 0 Å². The van der Waals surface area contributed by atoms with Crippen molar-refractivity contribution in [3.63, 3.8) is 0 Å². The van der Waals surface area contributed by atoms with E-state index in [9.17, 15) is 4.79 Å². The zero-order valence-electron chi connectivity index (χ0n) is 10.3. The molecule has 0 aliphatic carbocycles. The second-order valence-electron chi connectivity index (χ2n) is 4.95. The Hall–Kier alpha value is -1.29. The fourth-order valence-electron chi connectivity index (χ4n) is 1.39. The van der Waals surface area contributed by atoms with Gasteiger partial charge >= 0.3 is 0 Å². The van der Waals surface area contributed by atoms with Gasteiger partial charge in [0.1, 0.15) is 0 Å². The Morgan fingerprint density at radius 3 is 2.75 bits per heavy atom. The Bertz CT molecular complexity index is 349. The smallest absolute Gasteiger partial charge is 0.220 e. The van der Waals surface area contributed by atoms with Crippen LogP contribution in [0.15, 0.2) is 18.5 Å². The first-order valence-electron chi connectivity index (χ1n) is 5.53. The maximum absolute atomic E-state index is 11.5. The summed E-state index contributed by atoms with van der Waals surface area (Å²) in [5.74, 6) is 0.0578. The number of carbonyl (C=O) groups is 1. The van der Waals surface area contributed by atoms with Crippen molar-refractivity contribution in [1.82, 2.24) is 9.88 Å². The fourth-order valence-corrected chi connectivity index (χ4v) is 1.39. The number of nitrogens with two attached hydrogens (primary N) is 1. The molecule has 0 aliphatic rings. The van der Waals surface area contributed by atoms with E-state index >= 15 is 0 Å². The number of aromatic nitrogens is 1. The van der Waals surface area contributed by atoms with Gasteiger partial charge in [-0.05, 0) is 31.9 Å². The lowest BCUT2D eigenvalue weighted by atomic mass is 10.00. The second kappa shape index (κ2) is 5.16. The molecule has 0 unspecified atom stereocenters. The van der Waals surface area contributed by atoms with Gasteiger partial charge in [0.25, 0.3) is 0 Å². The van der Waals surface area contributed by atoms with E-state index in [-0.39, 0.29) is 11.4 Å². The minimum Gasteiger partial charge on any atom is -0.357 e. The van der Waals surface area contributed by atoms with Crippen LogP contribution in [0.25, 0.3) is 0 Å². The van der Waals surface area contributed by atoms with Crippen molar-refractivity contribution >= 4 is 5.91 Å². The van der Waals surface area contributed by atoms with E-state index in [1.807, 2.05) is 43.9 Å². The third kappa shape index (κ3) is 4.98. The number of hydrogen-bond donors (Lipinski definition) is 2. The van der Waals surface area contributed by atoms with Crippen molar-refractivity contribution in [2.75, 3.05) is 0 Å². The standard InChI is InChI=1S/C12H21N3O/c1-12(2,13)6-4-11(16)14-8-10-5-7-15(3)9-10/h5,7,9H,4,6,8,13H2,1-3H3,(H,14,16). The summed E-state index contributed by atoms with van der Waals surface area (Å²) in [6.45, 7) is 4.44. The summed E-state index contributed by atoms with van der Waals surface area (Å²) >= 11 is 0. The lowest BCUT2D eigenvalue weighted by molar-refractivity contribution is -0.121. The molecule has 90 valence electrons. The van der Waals surface area contributed by atoms with Crippen LogP contribution in [0, 0.1) is 0 Å². The second-order valence-corrected chi connectivity index (χ2v) is 4.95. The van der Waals surface area contributed by atoms with Gasteiger partial charge in [0.2, 0.25) is 5.91 Å². The average molecular weight is 223 g/mol. The average Bonchev–Trinajstić information content (AvgIpc) is 2.57. The summed E-state index contributed by atoms with van der Waals surface area (Å²) in [5.41, 5.74) is 6.65. The molecule has 1 aromatic rings. The van der Waals surface area contributed by atoms with Crippen LogP contribution in [0.5, 0.6) is 0 Å². The molecule has 0 bridgehead atoms. The predicted molar refractivity (Wildman–Crippen MR) is 64.8 cm³/mol. The molecule has 4 heteroatoms. The van der Waals surface area contributed by atoms with Gasteiger partial charge in [0.15, 0.2) is 0 Å². The van der Waals surface area contributed by atoms with Crippen molar-refractivity contribution in [2.24, 2.45) is 12.8 Å². The Kier molecular flexibility index (Phi) is 4.12. The first-order valence-corrected chi connectivity index (χ1v) is 5.53. The zero-order chi connectivity index (χ0) is 12.2. The number of nitrogens with zero attached hydrogens (tertiary/aromatic N) is 1. The van der Waals surface area contributed by atoms with Crippen molar-refractivity contribution in [3.8, 4) is 0 Å². The van der Waals surface area contributed by atoms with E-state index in [1.165, 1.54) is 0 Å². The van der Waals surface area contributed by atoms with Gasteiger partial charge < -0.3 is 15.6 Å². The summed E-state index contributed by atoms with van der Waals surface area (Å²) in [7, 11) is 1.96. The van der Waals surface area contributed by atoms with E-state index in [0.717, 1.165) is 5.56 Å². The molecule has 0 spiro atoms. The predicted octanol–water partition coefficient (Wildman–Crippen LogP) is 1.16. The van der Waals surface area contributed by atoms with Gasteiger partial charge in [0, 0.05) is 37.9 Å².